The fourth-order valence-corrected chi connectivity index (χ4v) is 2.65. The number of rotatable bonds is 4. The number of thiazole rings is 1. The summed E-state index contributed by atoms with van der Waals surface area (Å²) in [6, 6.07) is 8.89. The molecule has 23 heavy (non-hydrogen) atoms. The van der Waals surface area contributed by atoms with Crippen molar-refractivity contribution in [1.29, 1.82) is 0 Å². The molecule has 2 aromatic heterocycles. The summed E-state index contributed by atoms with van der Waals surface area (Å²) in [5, 5.41) is 6.71. The van der Waals surface area contributed by atoms with E-state index in [1.54, 1.807) is 12.4 Å². The van der Waals surface area contributed by atoms with Crippen molar-refractivity contribution in [3.63, 3.8) is 0 Å². The molecule has 1 aromatic carbocycles. The number of benzene rings is 1. The van der Waals surface area contributed by atoms with Gasteiger partial charge in [0, 0.05) is 17.1 Å². The molecule has 1 N–H and O–H groups in total. The Morgan fingerprint density at radius 1 is 1.26 bits per heavy atom. The molecule has 2 heterocycles. The zero-order valence-corrected chi connectivity index (χ0v) is 13.7. The molecule has 0 saturated carbocycles. The van der Waals surface area contributed by atoms with Crippen LogP contribution in [-0.4, -0.2) is 16.2 Å². The first-order valence-corrected chi connectivity index (χ1v) is 8.00. The number of nitrogens with zero attached hydrogens (tertiary/aromatic N) is 3. The van der Waals surface area contributed by atoms with Crippen molar-refractivity contribution in [3.05, 3.63) is 64.1 Å². The van der Waals surface area contributed by atoms with Crippen LogP contribution < -0.4 is 5.43 Å². The van der Waals surface area contributed by atoms with Crippen LogP contribution in [0.2, 0.25) is 5.15 Å². The van der Waals surface area contributed by atoms with Crippen LogP contribution in [0.3, 0.4) is 0 Å². The van der Waals surface area contributed by atoms with E-state index in [1.807, 2.05) is 36.6 Å². The highest BCUT2D eigenvalue weighted by Crippen LogP contribution is 2.22. The molecule has 0 bridgehead atoms. The van der Waals surface area contributed by atoms with Crippen molar-refractivity contribution in [2.75, 3.05) is 5.43 Å². The minimum atomic E-state index is -0.530. The molecular formula is C16H12ClFN4S. The molecule has 0 atom stereocenters. The fraction of sp³-hybridized carbons (Fsp3) is 0.0625. The second-order valence-corrected chi connectivity index (χ2v) is 6.00. The summed E-state index contributed by atoms with van der Waals surface area (Å²) in [5.74, 6) is -0.530. The molecule has 0 amide bonds. The standard InChI is InChI=1S/C16H12ClFN4S/c1-10-9-23-16(21-10)22-20-7-11-2-4-12(5-3-11)13-6-14(18)15(17)19-8-13/h2-9H,1H3,(H,21,22). The van der Waals surface area contributed by atoms with Crippen LogP contribution in [0.5, 0.6) is 0 Å². The first-order valence-electron chi connectivity index (χ1n) is 6.74. The Kier molecular flexibility index (Phi) is 4.64. The number of anilines is 1. The second kappa shape index (κ2) is 6.85. The van der Waals surface area contributed by atoms with E-state index in [-0.39, 0.29) is 5.15 Å². The van der Waals surface area contributed by atoms with Gasteiger partial charge in [-0.2, -0.15) is 5.10 Å². The lowest BCUT2D eigenvalue weighted by atomic mass is 10.1. The number of nitrogens with one attached hydrogen (secondary N) is 1. The van der Waals surface area contributed by atoms with E-state index < -0.39 is 5.82 Å². The number of hydrazone groups is 1. The van der Waals surface area contributed by atoms with E-state index >= 15 is 0 Å². The van der Waals surface area contributed by atoms with Gasteiger partial charge in [0.05, 0.1) is 11.9 Å². The lowest BCUT2D eigenvalue weighted by Gasteiger charge is -2.03. The van der Waals surface area contributed by atoms with Crippen LogP contribution >= 0.6 is 22.9 Å². The minimum absolute atomic E-state index is 0.124. The zero-order chi connectivity index (χ0) is 16.2. The molecule has 7 heteroatoms. The highest BCUT2D eigenvalue weighted by molar-refractivity contribution is 7.13. The SMILES string of the molecule is Cc1csc(NN=Cc2ccc(-c3cnc(Cl)c(F)c3)cc2)n1. The number of halogens is 2. The van der Waals surface area contributed by atoms with E-state index in [0.717, 1.165) is 22.0 Å². The first-order chi connectivity index (χ1) is 11.1. The Hall–Kier alpha value is -2.31. The lowest BCUT2D eigenvalue weighted by molar-refractivity contribution is 0.622. The van der Waals surface area contributed by atoms with Crippen molar-refractivity contribution in [1.82, 2.24) is 9.97 Å². The third kappa shape index (κ3) is 3.91. The molecule has 0 radical (unpaired) electrons. The van der Waals surface area contributed by atoms with Crippen LogP contribution in [-0.2, 0) is 0 Å². The van der Waals surface area contributed by atoms with Gasteiger partial charge in [0.15, 0.2) is 11.0 Å². The monoisotopic (exact) mass is 346 g/mol. The molecule has 116 valence electrons. The van der Waals surface area contributed by atoms with Crippen LogP contribution in [0.25, 0.3) is 11.1 Å². The summed E-state index contributed by atoms with van der Waals surface area (Å²) in [5.41, 5.74) is 6.28. The largest absolute Gasteiger partial charge is 0.253 e. The molecule has 4 nitrogen and oxygen atoms in total. The lowest BCUT2D eigenvalue weighted by Crippen LogP contribution is -1.90. The Morgan fingerprint density at radius 3 is 2.70 bits per heavy atom. The number of hydrogen-bond acceptors (Lipinski definition) is 5. The van der Waals surface area contributed by atoms with Crippen molar-refractivity contribution in [3.8, 4) is 11.1 Å². The molecule has 0 spiro atoms. The average molecular weight is 347 g/mol. The van der Waals surface area contributed by atoms with Gasteiger partial charge < -0.3 is 0 Å². The third-order valence-electron chi connectivity index (χ3n) is 3.03. The van der Waals surface area contributed by atoms with Gasteiger partial charge in [-0.3, -0.25) is 5.43 Å². The van der Waals surface area contributed by atoms with Crippen LogP contribution in [0.15, 0.2) is 47.0 Å². The Labute approximate surface area is 141 Å². The summed E-state index contributed by atoms with van der Waals surface area (Å²) in [6.45, 7) is 1.93. The molecule has 3 rings (SSSR count). The summed E-state index contributed by atoms with van der Waals surface area (Å²) in [6.07, 6.45) is 3.24. The quantitative estimate of drug-likeness (QED) is 0.421. The molecule has 0 unspecified atom stereocenters. The van der Waals surface area contributed by atoms with E-state index in [0.29, 0.717) is 5.56 Å². The molecule has 3 aromatic rings. The highest BCUT2D eigenvalue weighted by Gasteiger charge is 2.04. The topological polar surface area (TPSA) is 50.2 Å². The van der Waals surface area contributed by atoms with Gasteiger partial charge in [-0.1, -0.05) is 35.9 Å². The normalized spacial score (nSPS) is 11.1. The maximum Gasteiger partial charge on any atom is 0.203 e. The third-order valence-corrected chi connectivity index (χ3v) is 4.18. The van der Waals surface area contributed by atoms with Gasteiger partial charge in [0.25, 0.3) is 0 Å². The van der Waals surface area contributed by atoms with Gasteiger partial charge in [0.2, 0.25) is 5.13 Å². The predicted molar refractivity (Wildman–Crippen MR) is 92.7 cm³/mol. The number of hydrogen-bond donors (Lipinski definition) is 1. The summed E-state index contributed by atoms with van der Waals surface area (Å²) < 4.78 is 13.4. The van der Waals surface area contributed by atoms with Crippen molar-refractivity contribution >= 4 is 34.3 Å². The maximum atomic E-state index is 13.4. The number of aryl methyl sites for hydroxylation is 1. The van der Waals surface area contributed by atoms with Gasteiger partial charge >= 0.3 is 0 Å². The molecule has 0 aliphatic heterocycles. The van der Waals surface area contributed by atoms with Crippen LogP contribution in [0, 0.1) is 12.7 Å². The van der Waals surface area contributed by atoms with Gasteiger partial charge in [-0.25, -0.2) is 14.4 Å². The van der Waals surface area contributed by atoms with Crippen molar-refractivity contribution in [2.24, 2.45) is 5.10 Å². The molecule has 0 saturated heterocycles. The summed E-state index contributed by atoms with van der Waals surface area (Å²) >= 11 is 7.09. The van der Waals surface area contributed by atoms with Gasteiger partial charge in [0.1, 0.15) is 0 Å². The molecule has 0 aliphatic rings. The van der Waals surface area contributed by atoms with Crippen molar-refractivity contribution in [2.45, 2.75) is 6.92 Å². The van der Waals surface area contributed by atoms with E-state index in [4.69, 9.17) is 11.6 Å². The fourth-order valence-electron chi connectivity index (χ4n) is 1.91. The number of pyridine rings is 1. The molecular weight excluding hydrogens is 335 g/mol. The molecule has 0 aliphatic carbocycles. The summed E-state index contributed by atoms with van der Waals surface area (Å²) in [7, 11) is 0. The highest BCUT2D eigenvalue weighted by atomic mass is 35.5. The van der Waals surface area contributed by atoms with Crippen LogP contribution in [0.4, 0.5) is 9.52 Å². The molecule has 0 fully saturated rings. The van der Waals surface area contributed by atoms with Gasteiger partial charge in [-0.05, 0) is 24.1 Å². The van der Waals surface area contributed by atoms with Crippen molar-refractivity contribution < 1.29 is 4.39 Å². The predicted octanol–water partition coefficient (Wildman–Crippen LogP) is 4.75. The van der Waals surface area contributed by atoms with Gasteiger partial charge in [-0.15, -0.1) is 11.3 Å². The smallest absolute Gasteiger partial charge is 0.203 e. The minimum Gasteiger partial charge on any atom is -0.253 e. The van der Waals surface area contributed by atoms with E-state index in [1.165, 1.54) is 17.4 Å². The Morgan fingerprint density at radius 2 is 2.04 bits per heavy atom. The zero-order valence-electron chi connectivity index (χ0n) is 12.1. The van der Waals surface area contributed by atoms with E-state index in [2.05, 4.69) is 20.5 Å². The second-order valence-electron chi connectivity index (χ2n) is 4.78. The Balaban J connectivity index is 1.70. The van der Waals surface area contributed by atoms with Crippen LogP contribution in [0.1, 0.15) is 11.3 Å². The maximum absolute atomic E-state index is 13.4. The number of aromatic nitrogens is 2. The van der Waals surface area contributed by atoms with E-state index in [9.17, 15) is 4.39 Å². The first kappa shape index (κ1) is 15.6. The Bertz CT molecular complexity index is 846. The average Bonchev–Trinajstić information content (AvgIpc) is 2.96. The summed E-state index contributed by atoms with van der Waals surface area (Å²) in [4.78, 5) is 8.06.